The minimum absolute atomic E-state index is 0. The number of aromatic carboxylic acids is 2. The van der Waals surface area contributed by atoms with Crippen LogP contribution in [-0.4, -0.2) is 59.7 Å². The molecule has 0 spiro atoms. The van der Waals surface area contributed by atoms with E-state index in [9.17, 15) is 19.8 Å². The Kier molecular flexibility index (Phi) is 7.87. The van der Waals surface area contributed by atoms with Gasteiger partial charge >= 0.3 is 27.3 Å². The third-order valence-electron chi connectivity index (χ3n) is 2.47. The van der Waals surface area contributed by atoms with E-state index < -0.39 is 46.1 Å². The topological polar surface area (TPSA) is 161 Å². The van der Waals surface area contributed by atoms with E-state index in [1.54, 1.807) is 0 Å². The van der Waals surface area contributed by atoms with Crippen molar-refractivity contribution >= 4 is 39.2 Å². The first kappa shape index (κ1) is 20.5. The second-order valence-electron chi connectivity index (χ2n) is 3.92. The minimum Gasteiger partial charge on any atom is -0.545 e. The van der Waals surface area contributed by atoms with Crippen LogP contribution in [0.1, 0.15) is 20.7 Å². The predicted molar refractivity (Wildman–Crippen MR) is 74.0 cm³/mol. The van der Waals surface area contributed by atoms with Gasteiger partial charge in [-0.15, -0.1) is 0 Å². The normalized spacial score (nSPS) is 9.04. The maximum absolute atomic E-state index is 10.2. The van der Waals surface area contributed by atoms with Crippen LogP contribution in [0.5, 0.6) is 23.0 Å². The Labute approximate surface area is 150 Å². The summed E-state index contributed by atoms with van der Waals surface area (Å²) in [5.74, 6) is -5.28. The second-order valence-corrected chi connectivity index (χ2v) is 3.92. The third-order valence-corrected chi connectivity index (χ3v) is 2.47. The van der Waals surface area contributed by atoms with Crippen LogP contribution < -0.4 is 10.2 Å². The number of carboxylic acids is 2. The molecule has 23 heavy (non-hydrogen) atoms. The van der Waals surface area contributed by atoms with Gasteiger partial charge in [0.1, 0.15) is 0 Å². The number of phenolic OH excluding ortho intramolecular Hbond substituents is 2. The van der Waals surface area contributed by atoms with Crippen LogP contribution in [0.25, 0.3) is 0 Å². The number of phenols is 4. The van der Waals surface area contributed by atoms with Crippen molar-refractivity contribution in [1.82, 2.24) is 0 Å². The molecular weight excluding hydrogens is 503 g/mol. The van der Waals surface area contributed by atoms with E-state index in [2.05, 4.69) is 0 Å². The van der Waals surface area contributed by atoms with E-state index in [1.807, 2.05) is 0 Å². The van der Waals surface area contributed by atoms with Crippen molar-refractivity contribution in [2.75, 3.05) is 0 Å². The smallest absolute Gasteiger partial charge is 0.545 e. The molecular formula is C14H10O8Pb. The van der Waals surface area contributed by atoms with E-state index in [0.29, 0.717) is 0 Å². The van der Waals surface area contributed by atoms with Gasteiger partial charge in [0.25, 0.3) is 0 Å². The molecule has 4 N–H and O–H groups in total. The number of benzene rings is 2. The molecule has 0 heterocycles. The first-order valence-electron chi connectivity index (χ1n) is 5.70. The Bertz CT molecular complexity index is 652. The summed E-state index contributed by atoms with van der Waals surface area (Å²) in [6.45, 7) is 0. The molecule has 0 aliphatic carbocycles. The van der Waals surface area contributed by atoms with Crippen molar-refractivity contribution < 1.29 is 40.2 Å². The van der Waals surface area contributed by atoms with Crippen LogP contribution in [0.4, 0.5) is 0 Å². The standard InChI is InChI=1S/2C7H6O4.Pb/c2*8-5-3-1-2-4(6(5)9)7(10)11;/h2*1-3,8-9H,(H,10,11);/q;;+2/p-2. The van der Waals surface area contributed by atoms with Crippen LogP contribution >= 0.6 is 0 Å². The average molecular weight is 513 g/mol. The third kappa shape index (κ3) is 5.32. The molecule has 2 rings (SSSR count). The second kappa shape index (κ2) is 8.83. The number of carbonyl (C=O) groups is 2. The van der Waals surface area contributed by atoms with E-state index in [1.165, 1.54) is 24.3 Å². The van der Waals surface area contributed by atoms with Crippen molar-refractivity contribution in [3.05, 3.63) is 47.5 Å². The Morgan fingerprint density at radius 1 is 0.696 bits per heavy atom. The summed E-state index contributed by atoms with van der Waals surface area (Å²) in [6.07, 6.45) is 0. The molecule has 0 unspecified atom stereocenters. The zero-order valence-corrected chi connectivity index (χ0v) is 15.3. The molecule has 2 aromatic rings. The first-order chi connectivity index (χ1) is 10.3. The van der Waals surface area contributed by atoms with Crippen LogP contribution in [0, 0.1) is 0 Å². The molecule has 0 aliphatic heterocycles. The first-order valence-corrected chi connectivity index (χ1v) is 5.70. The number of rotatable bonds is 2. The van der Waals surface area contributed by atoms with Gasteiger partial charge in [-0.2, -0.15) is 0 Å². The molecule has 0 aliphatic rings. The fraction of sp³-hybridized carbons (Fsp3) is 0. The molecule has 0 aromatic heterocycles. The Balaban J connectivity index is 0.000000403. The molecule has 2 radical (unpaired) electrons. The molecule has 0 amide bonds. The number of hydrogen-bond donors (Lipinski definition) is 4. The number of carbonyl (C=O) groups excluding carboxylic acids is 2. The Morgan fingerprint density at radius 2 is 1.00 bits per heavy atom. The SMILES string of the molecule is O=C([O-])c1cccc(O)c1O.O=C([O-])c1cccc(O)c1O.[Pb+2]. The summed E-state index contributed by atoms with van der Waals surface area (Å²) in [7, 11) is 0. The zero-order chi connectivity index (χ0) is 16.9. The van der Waals surface area contributed by atoms with Crippen LogP contribution in [0.3, 0.4) is 0 Å². The molecule has 118 valence electrons. The summed E-state index contributed by atoms with van der Waals surface area (Å²) in [6, 6.07) is 7.26. The molecule has 0 saturated carbocycles. The maximum atomic E-state index is 10.2. The van der Waals surface area contributed by atoms with E-state index in [-0.39, 0.29) is 27.3 Å². The van der Waals surface area contributed by atoms with Crippen molar-refractivity contribution in [2.45, 2.75) is 0 Å². The van der Waals surface area contributed by atoms with E-state index in [0.717, 1.165) is 12.1 Å². The quantitative estimate of drug-likeness (QED) is 0.280. The summed E-state index contributed by atoms with van der Waals surface area (Å²) < 4.78 is 0. The molecule has 0 saturated heterocycles. The molecule has 0 fully saturated rings. The van der Waals surface area contributed by atoms with Crippen molar-refractivity contribution in [2.24, 2.45) is 0 Å². The van der Waals surface area contributed by atoms with Gasteiger partial charge in [0.05, 0.1) is 11.9 Å². The van der Waals surface area contributed by atoms with Crippen LogP contribution in [-0.2, 0) is 0 Å². The minimum atomic E-state index is -1.52. The van der Waals surface area contributed by atoms with Gasteiger partial charge in [0.2, 0.25) is 0 Å². The largest absolute Gasteiger partial charge is 2.00 e. The number of para-hydroxylation sites is 2. The monoisotopic (exact) mass is 514 g/mol. The van der Waals surface area contributed by atoms with Gasteiger partial charge < -0.3 is 40.2 Å². The number of carboxylic acid groups (broad SMARTS) is 2. The number of aromatic hydroxyl groups is 4. The van der Waals surface area contributed by atoms with Crippen LogP contribution in [0.15, 0.2) is 36.4 Å². The zero-order valence-electron chi connectivity index (χ0n) is 11.4. The predicted octanol–water partition coefficient (Wildman–Crippen LogP) is -1.46. The summed E-state index contributed by atoms with van der Waals surface area (Å²) in [4.78, 5) is 20.4. The maximum Gasteiger partial charge on any atom is 2.00 e. The van der Waals surface area contributed by atoms with Gasteiger partial charge in [-0.1, -0.05) is 12.1 Å². The van der Waals surface area contributed by atoms with E-state index in [4.69, 9.17) is 20.4 Å². The van der Waals surface area contributed by atoms with Gasteiger partial charge in [-0.25, -0.2) is 0 Å². The molecule has 9 heteroatoms. The summed E-state index contributed by atoms with van der Waals surface area (Å²) >= 11 is 0. The molecule has 2 aromatic carbocycles. The summed E-state index contributed by atoms with van der Waals surface area (Å²) in [5, 5.41) is 55.8. The molecule has 8 nitrogen and oxygen atoms in total. The van der Waals surface area contributed by atoms with Gasteiger partial charge in [0.15, 0.2) is 23.0 Å². The molecule has 0 bridgehead atoms. The Morgan fingerprint density at radius 3 is 1.22 bits per heavy atom. The van der Waals surface area contributed by atoms with Gasteiger partial charge in [0, 0.05) is 11.1 Å². The average Bonchev–Trinajstić information content (AvgIpc) is 2.45. The molecule has 0 atom stereocenters. The van der Waals surface area contributed by atoms with Gasteiger partial charge in [-0.3, -0.25) is 0 Å². The van der Waals surface area contributed by atoms with Crippen molar-refractivity contribution in [3.63, 3.8) is 0 Å². The van der Waals surface area contributed by atoms with Gasteiger partial charge in [-0.05, 0) is 24.3 Å². The Hall–Kier alpha value is -2.50. The van der Waals surface area contributed by atoms with Crippen LogP contribution in [0.2, 0.25) is 0 Å². The fourth-order valence-electron chi connectivity index (χ4n) is 1.39. The summed E-state index contributed by atoms with van der Waals surface area (Å²) in [5.41, 5.74) is -0.824. The fourth-order valence-corrected chi connectivity index (χ4v) is 1.39. The van der Waals surface area contributed by atoms with Crippen molar-refractivity contribution in [1.29, 1.82) is 0 Å². The van der Waals surface area contributed by atoms with Crippen molar-refractivity contribution in [3.8, 4) is 23.0 Å². The number of hydrogen-bond acceptors (Lipinski definition) is 8. The van der Waals surface area contributed by atoms with E-state index >= 15 is 0 Å².